The van der Waals surface area contributed by atoms with Gasteiger partial charge < -0.3 is 46.8 Å². The molecule has 90 heavy (non-hydrogen) atoms. The number of hydrogen-bond acceptors (Lipinski definition) is 15. The number of nitrogens with one attached hydrogen (secondary N) is 4. The van der Waals surface area contributed by atoms with Crippen molar-refractivity contribution < 1.29 is 112 Å². The molecule has 7 rings (SSSR count). The van der Waals surface area contributed by atoms with Crippen molar-refractivity contribution in [2.45, 2.75) is 65.0 Å². The third-order valence-corrected chi connectivity index (χ3v) is 17.3. The van der Waals surface area contributed by atoms with Crippen molar-refractivity contribution >= 4 is 95.7 Å². The Morgan fingerprint density at radius 2 is 0.711 bits per heavy atom. The Labute approximate surface area is 505 Å². The summed E-state index contributed by atoms with van der Waals surface area (Å²) in [6, 6.07) is 18.5. The van der Waals surface area contributed by atoms with Crippen LogP contribution in [0.2, 0.25) is 0 Å². The second-order valence-electron chi connectivity index (χ2n) is 19.5. The zero-order valence-electron chi connectivity index (χ0n) is 47.3. The van der Waals surface area contributed by atoms with E-state index in [-0.39, 0.29) is 28.1 Å². The monoisotopic (exact) mass is 1290 g/mol. The molecule has 30 heteroatoms. The van der Waals surface area contributed by atoms with Crippen LogP contribution in [0.4, 0.5) is 49.1 Å². The van der Waals surface area contributed by atoms with Gasteiger partial charge in [0.2, 0.25) is 25.1 Å². The summed E-state index contributed by atoms with van der Waals surface area (Å²) in [5, 5.41) is 57.0. The van der Waals surface area contributed by atoms with E-state index in [0.717, 1.165) is 98.8 Å². The lowest BCUT2D eigenvalue weighted by atomic mass is 9.72. The van der Waals surface area contributed by atoms with Crippen LogP contribution in [0.15, 0.2) is 147 Å². The van der Waals surface area contributed by atoms with E-state index in [1.807, 2.05) is 0 Å². The Morgan fingerprint density at radius 3 is 1.04 bits per heavy atom. The highest BCUT2D eigenvalue weighted by Crippen LogP contribution is 2.57. The van der Waals surface area contributed by atoms with Gasteiger partial charge in [0, 0.05) is 48.0 Å². The molecule has 0 aliphatic heterocycles. The number of carbonyl (C=O) groups is 9. The number of ketones is 2. The number of hydrogen-bond donors (Lipinski definition) is 9. The third-order valence-electron chi connectivity index (χ3n) is 13.8. The summed E-state index contributed by atoms with van der Waals surface area (Å²) in [5.74, 6) is -11.4. The molecule has 0 aliphatic carbocycles. The fourth-order valence-corrected chi connectivity index (χ4v) is 11.8. The second kappa shape index (κ2) is 25.9. The predicted octanol–water partition coefficient (Wildman–Crippen LogP) is 10.6. The lowest BCUT2D eigenvalue weighted by molar-refractivity contribution is -0.288. The summed E-state index contributed by atoms with van der Waals surface area (Å²) in [6.07, 6.45) is -12.0. The van der Waals surface area contributed by atoms with Gasteiger partial charge >= 0.3 is 42.2 Å². The fraction of sp³-hybridized carbons (Fsp3) is 0.150. The minimum atomic E-state index is -5.98. The molecule has 2 amide bonds. The van der Waals surface area contributed by atoms with E-state index in [1.165, 1.54) is 40.1 Å². The molecule has 7 aromatic rings. The van der Waals surface area contributed by atoms with E-state index >= 15 is 0 Å². The number of carbonyl (C=O) groups excluding carboxylic acids is 4. The van der Waals surface area contributed by atoms with Gasteiger partial charge in [0.1, 0.15) is 0 Å². The first-order chi connectivity index (χ1) is 41.7. The number of carboxylic acids is 5. The predicted molar refractivity (Wildman–Crippen MR) is 308 cm³/mol. The minimum Gasteiger partial charge on any atom is -0.478 e. The van der Waals surface area contributed by atoms with Gasteiger partial charge in [0.25, 0.3) is 11.8 Å². The maximum Gasteiger partial charge on any atom is 0.411 e. The quantitative estimate of drug-likeness (QED) is 0.0268. The summed E-state index contributed by atoms with van der Waals surface area (Å²) in [6.45, 7) is 4.79. The number of aromatic carboxylic acids is 5. The Bertz CT molecular complexity index is 4420. The molecule has 22 nitrogen and oxygen atoms in total. The molecule has 0 aliphatic rings. The smallest absolute Gasteiger partial charge is 0.411 e. The second-order valence-corrected chi connectivity index (χ2v) is 23.4. The van der Waals surface area contributed by atoms with Crippen molar-refractivity contribution in [2.24, 2.45) is 0 Å². The van der Waals surface area contributed by atoms with Gasteiger partial charge in [-0.05, 0) is 153 Å². The van der Waals surface area contributed by atoms with Gasteiger partial charge in [-0.1, -0.05) is 24.3 Å². The van der Waals surface area contributed by atoms with Crippen LogP contribution in [-0.4, -0.2) is 122 Å². The van der Waals surface area contributed by atoms with Gasteiger partial charge in [-0.15, -0.1) is 0 Å². The van der Waals surface area contributed by atoms with Crippen molar-refractivity contribution in [1.29, 1.82) is 0 Å². The molecular weight excluding hydrogens is 1240 g/mol. The van der Waals surface area contributed by atoms with Gasteiger partial charge in [-0.25, -0.2) is 40.8 Å². The molecule has 0 fully saturated rings. The molecule has 0 aromatic heterocycles. The van der Waals surface area contributed by atoms with Crippen LogP contribution in [0.3, 0.4) is 0 Å². The number of sulfone groups is 2. The van der Waals surface area contributed by atoms with Gasteiger partial charge in [-0.3, -0.25) is 19.2 Å². The number of rotatable bonds is 19. The lowest BCUT2D eigenvalue weighted by Gasteiger charge is -2.39. The van der Waals surface area contributed by atoms with Crippen LogP contribution < -0.4 is 21.3 Å². The van der Waals surface area contributed by atoms with Crippen LogP contribution in [0.1, 0.15) is 129 Å². The molecule has 0 heterocycles. The zero-order chi connectivity index (χ0) is 67.5. The van der Waals surface area contributed by atoms with Crippen LogP contribution in [-0.2, 0) is 25.1 Å². The Balaban J connectivity index is 0.000000301. The minimum absolute atomic E-state index is 0.000733. The molecule has 0 saturated heterocycles. The number of Topliss-reactive ketones (excluding diaryl/α,β-unsaturated/α-hetero) is 2. The first kappa shape index (κ1) is 68.4. The first-order valence-electron chi connectivity index (χ1n) is 25.5. The van der Waals surface area contributed by atoms with E-state index in [1.54, 1.807) is 0 Å². The molecular formula is C60H48F6N4O18S2. The average molecular weight is 1290 g/mol. The van der Waals surface area contributed by atoms with Crippen molar-refractivity contribution in [2.75, 3.05) is 35.4 Å². The molecule has 0 saturated carbocycles. The molecule has 0 bridgehead atoms. The highest BCUT2D eigenvalue weighted by molar-refractivity contribution is 7.91. The number of benzene rings is 7. The topological polar surface area (TPSA) is 371 Å². The SMILES string of the molecule is CNc1cc(C(c2ccc(C)c(NC(=O)c3cc(S(=O)(=O)c4ccc(C(=O)O)c(C(C)=O)c4)ccc3C(=O)O)c2)(C(F)(F)F)C(F)(F)F)ccc1C.CNc1cc(NC(=O)c2cc(S(=O)(=O)c3ccc(C(=O)O)c(C(C)=O)c3)ccc2C(=O)O)cc(C(=O)O)c1. The van der Waals surface area contributed by atoms with E-state index in [4.69, 9.17) is 0 Å². The molecule has 7 aromatic carbocycles. The summed E-state index contributed by atoms with van der Waals surface area (Å²) in [7, 11) is -6.30. The molecule has 0 unspecified atom stereocenters. The van der Waals surface area contributed by atoms with Crippen molar-refractivity contribution in [3.05, 3.63) is 200 Å². The van der Waals surface area contributed by atoms with Crippen molar-refractivity contribution in [3.63, 3.8) is 0 Å². The Hall–Kier alpha value is -10.8. The zero-order valence-corrected chi connectivity index (χ0v) is 48.9. The van der Waals surface area contributed by atoms with Crippen molar-refractivity contribution in [3.8, 4) is 0 Å². The third kappa shape index (κ3) is 13.7. The van der Waals surface area contributed by atoms with Crippen LogP contribution >= 0.6 is 0 Å². The summed E-state index contributed by atoms with van der Waals surface area (Å²) < 4.78 is 143. The largest absolute Gasteiger partial charge is 0.478 e. The van der Waals surface area contributed by atoms with Gasteiger partial charge in [-0.2, -0.15) is 26.3 Å². The molecule has 470 valence electrons. The van der Waals surface area contributed by atoms with Crippen LogP contribution in [0.25, 0.3) is 0 Å². The summed E-state index contributed by atoms with van der Waals surface area (Å²) in [4.78, 5) is 106. The highest BCUT2D eigenvalue weighted by Gasteiger charge is 2.72. The number of anilines is 4. The number of amides is 2. The van der Waals surface area contributed by atoms with Crippen LogP contribution in [0, 0.1) is 13.8 Å². The average Bonchev–Trinajstić information content (AvgIpc) is 0.716. The molecule has 0 atom stereocenters. The summed E-state index contributed by atoms with van der Waals surface area (Å²) >= 11 is 0. The number of alkyl halides is 6. The fourth-order valence-electron chi connectivity index (χ4n) is 9.19. The molecule has 9 N–H and O–H groups in total. The number of aryl methyl sites for hydroxylation is 2. The normalized spacial score (nSPS) is 11.7. The summed E-state index contributed by atoms with van der Waals surface area (Å²) in [5.41, 5.74) is -11.7. The maximum atomic E-state index is 14.9. The van der Waals surface area contributed by atoms with E-state index < -0.39 is 166 Å². The van der Waals surface area contributed by atoms with E-state index in [0.29, 0.717) is 41.6 Å². The highest BCUT2D eigenvalue weighted by atomic mass is 32.2. The van der Waals surface area contributed by atoms with E-state index in [9.17, 15) is 112 Å². The maximum absolute atomic E-state index is 14.9. The van der Waals surface area contributed by atoms with Crippen LogP contribution in [0.5, 0.6) is 0 Å². The van der Waals surface area contributed by atoms with Gasteiger partial charge in [0.15, 0.2) is 11.6 Å². The number of halogens is 6. The Morgan fingerprint density at radius 1 is 0.378 bits per heavy atom. The standard InChI is InChI=1S/C35H28F6N2O8S.C25H20N2O10S/c1-17-5-7-20(13-28(17)42-4)33(34(36,37)38,35(39,40)41)21-8-6-18(2)29(14-21)43-30(45)27-16-23(10-12-25(27)32(48)49)52(50,51)22-9-11-24(31(46)47)26(15-22)19(3)44;1-12(28)20-10-16(3-5-18(20)24(32)33)38(36,37)17-4-6-19(25(34)35)21(11-17)22(29)27-15-8-13(23(30)31)7-14(9-15)26-2/h5-16,42H,1-4H3,(H,43,45)(H,46,47)(H,48,49);3-11,26H,1-2H3,(H,27,29)(H,30,31)(H,32,33)(H,34,35). The number of carboxylic acid groups (broad SMARTS) is 5. The first-order valence-corrected chi connectivity index (χ1v) is 28.4. The van der Waals surface area contributed by atoms with E-state index in [2.05, 4.69) is 21.3 Å². The molecule has 0 radical (unpaired) electrons. The lowest BCUT2D eigenvalue weighted by Crippen LogP contribution is -2.54. The Kier molecular flexibility index (Phi) is 19.7. The van der Waals surface area contributed by atoms with Crippen molar-refractivity contribution in [1.82, 2.24) is 0 Å². The van der Waals surface area contributed by atoms with Gasteiger partial charge in [0.05, 0.1) is 58.5 Å². The molecule has 0 spiro atoms.